The Morgan fingerprint density at radius 2 is 2.07 bits per heavy atom. The summed E-state index contributed by atoms with van der Waals surface area (Å²) in [7, 11) is 0. The lowest BCUT2D eigenvalue weighted by Crippen LogP contribution is -2.20. The summed E-state index contributed by atoms with van der Waals surface area (Å²) in [5.41, 5.74) is -0.277. The van der Waals surface area contributed by atoms with Crippen LogP contribution < -0.4 is 5.32 Å². The molecule has 1 unspecified atom stereocenters. The number of anilines is 1. The van der Waals surface area contributed by atoms with E-state index >= 15 is 0 Å². The Bertz CT molecular complexity index is 1060. The van der Waals surface area contributed by atoms with Crippen LogP contribution in [-0.4, -0.2) is 27.3 Å². The van der Waals surface area contributed by atoms with Crippen molar-refractivity contribution in [2.45, 2.75) is 31.7 Å². The van der Waals surface area contributed by atoms with Crippen LogP contribution >= 0.6 is 15.9 Å². The molecule has 0 aliphatic carbocycles. The highest BCUT2D eigenvalue weighted by Crippen LogP contribution is 2.31. The highest BCUT2D eigenvalue weighted by Gasteiger charge is 2.32. The van der Waals surface area contributed by atoms with Gasteiger partial charge in [0.2, 0.25) is 0 Å². The van der Waals surface area contributed by atoms with Gasteiger partial charge in [0, 0.05) is 16.5 Å². The third-order valence-corrected chi connectivity index (χ3v) is 5.09. The minimum absolute atomic E-state index is 0.0923. The molecule has 0 bridgehead atoms. The summed E-state index contributed by atoms with van der Waals surface area (Å²) in [6, 6.07) is 8.73. The molecule has 10 heteroatoms. The van der Waals surface area contributed by atoms with Crippen molar-refractivity contribution >= 4 is 38.6 Å². The molecule has 1 fully saturated rings. The number of alkyl halides is 3. The average molecular weight is 469 g/mol. The molecule has 6 nitrogen and oxygen atoms in total. The lowest BCUT2D eigenvalue weighted by Gasteiger charge is -2.23. The van der Waals surface area contributed by atoms with Crippen LogP contribution in [0.15, 0.2) is 40.9 Å². The maximum Gasteiger partial charge on any atom is 0.433 e. The molecule has 1 saturated heterocycles. The Morgan fingerprint density at radius 3 is 2.79 bits per heavy atom. The van der Waals surface area contributed by atoms with E-state index < -0.39 is 17.8 Å². The van der Waals surface area contributed by atoms with E-state index in [9.17, 15) is 18.0 Å². The van der Waals surface area contributed by atoms with Gasteiger partial charge in [0.15, 0.2) is 11.9 Å². The minimum Gasteiger partial charge on any atom is -0.356 e. The molecule has 3 heterocycles. The van der Waals surface area contributed by atoms with Gasteiger partial charge in [0.05, 0.1) is 5.52 Å². The van der Waals surface area contributed by atoms with Crippen LogP contribution in [0.1, 0.15) is 41.7 Å². The Hall–Kier alpha value is -2.46. The van der Waals surface area contributed by atoms with Crippen molar-refractivity contribution < 1.29 is 22.7 Å². The number of aromatic nitrogens is 3. The van der Waals surface area contributed by atoms with Crippen molar-refractivity contribution in [1.29, 1.82) is 0 Å². The summed E-state index contributed by atoms with van der Waals surface area (Å²) >= 11 is 3.38. The van der Waals surface area contributed by atoms with E-state index in [0.717, 1.165) is 29.8 Å². The lowest BCUT2D eigenvalue weighted by molar-refractivity contribution is -0.141. The first-order valence-electron chi connectivity index (χ1n) is 8.98. The predicted octanol–water partition coefficient (Wildman–Crippen LogP) is 5.16. The smallest absolute Gasteiger partial charge is 0.356 e. The van der Waals surface area contributed by atoms with Gasteiger partial charge in [-0.1, -0.05) is 22.0 Å². The summed E-state index contributed by atoms with van der Waals surface area (Å²) in [6.07, 6.45) is -2.17. The summed E-state index contributed by atoms with van der Waals surface area (Å²) in [4.78, 5) is 16.3. The standard InChI is InChI=1S/C19H16BrF3N4O2/c20-11-7-8-13-12(10-11)17(26-27(13)16-6-1-2-9-29-16)18(28)25-15-5-3-4-14(24-15)19(21,22)23/h3-5,7-8,10,16H,1-2,6,9H2,(H,24,25,28). The molecule has 1 aliphatic heterocycles. The van der Waals surface area contributed by atoms with Crippen LogP contribution in [0.4, 0.5) is 19.0 Å². The SMILES string of the molecule is O=C(Nc1cccc(C(F)(F)F)n1)c1nn(C2CCCCO2)c2ccc(Br)cc12. The maximum atomic E-state index is 12.9. The molecular formula is C19H16BrF3N4O2. The van der Waals surface area contributed by atoms with Crippen molar-refractivity contribution in [3.05, 3.63) is 52.3 Å². The third kappa shape index (κ3) is 4.13. The van der Waals surface area contributed by atoms with Gasteiger partial charge in [0.1, 0.15) is 11.5 Å². The van der Waals surface area contributed by atoms with Crippen molar-refractivity contribution in [2.24, 2.45) is 0 Å². The molecule has 1 atom stereocenters. The van der Waals surface area contributed by atoms with E-state index in [1.807, 2.05) is 12.1 Å². The molecule has 0 radical (unpaired) electrons. The quantitative estimate of drug-likeness (QED) is 0.575. The van der Waals surface area contributed by atoms with E-state index in [0.29, 0.717) is 17.5 Å². The first-order valence-corrected chi connectivity index (χ1v) is 9.77. The number of hydrogen-bond acceptors (Lipinski definition) is 4. The highest BCUT2D eigenvalue weighted by molar-refractivity contribution is 9.10. The molecule has 1 aliphatic rings. The second-order valence-corrected chi connectivity index (χ2v) is 7.55. The fourth-order valence-electron chi connectivity index (χ4n) is 3.25. The van der Waals surface area contributed by atoms with E-state index in [1.54, 1.807) is 10.7 Å². The Balaban J connectivity index is 1.70. The van der Waals surface area contributed by atoms with Gasteiger partial charge in [-0.2, -0.15) is 18.3 Å². The second-order valence-electron chi connectivity index (χ2n) is 6.64. The van der Waals surface area contributed by atoms with E-state index in [-0.39, 0.29) is 17.7 Å². The molecule has 1 N–H and O–H groups in total. The van der Waals surface area contributed by atoms with Gasteiger partial charge in [-0.25, -0.2) is 9.67 Å². The number of pyridine rings is 1. The molecule has 0 saturated carbocycles. The fourth-order valence-corrected chi connectivity index (χ4v) is 3.62. The van der Waals surface area contributed by atoms with Crippen LogP contribution in [0.5, 0.6) is 0 Å². The minimum atomic E-state index is -4.60. The Morgan fingerprint density at radius 1 is 1.24 bits per heavy atom. The number of amides is 1. The van der Waals surface area contributed by atoms with Gasteiger partial charge in [0.25, 0.3) is 5.91 Å². The normalized spacial score (nSPS) is 17.4. The van der Waals surface area contributed by atoms with E-state index in [2.05, 4.69) is 31.3 Å². The fraction of sp³-hybridized carbons (Fsp3) is 0.316. The summed E-state index contributed by atoms with van der Waals surface area (Å²) in [5, 5.41) is 7.41. The average Bonchev–Trinajstić information content (AvgIpc) is 3.07. The lowest BCUT2D eigenvalue weighted by atomic mass is 10.1. The first-order chi connectivity index (χ1) is 13.8. The van der Waals surface area contributed by atoms with E-state index in [4.69, 9.17) is 4.74 Å². The molecule has 2 aromatic heterocycles. The number of fused-ring (bicyclic) bond motifs is 1. The zero-order valence-electron chi connectivity index (χ0n) is 15.0. The van der Waals surface area contributed by atoms with Crippen molar-refractivity contribution in [2.75, 3.05) is 11.9 Å². The van der Waals surface area contributed by atoms with Gasteiger partial charge in [-0.15, -0.1) is 0 Å². The number of carbonyl (C=O) groups is 1. The van der Waals surface area contributed by atoms with Crippen LogP contribution in [0.2, 0.25) is 0 Å². The topological polar surface area (TPSA) is 69.0 Å². The molecule has 3 aromatic rings. The highest BCUT2D eigenvalue weighted by atomic mass is 79.9. The molecule has 0 spiro atoms. The molecule has 1 aromatic carbocycles. The Kier molecular flexibility index (Phi) is 5.30. The number of hydrogen-bond donors (Lipinski definition) is 1. The van der Waals surface area contributed by atoms with Crippen LogP contribution in [0, 0.1) is 0 Å². The molecule has 152 valence electrons. The molecule has 1 amide bonds. The van der Waals surface area contributed by atoms with Crippen molar-refractivity contribution in [3.8, 4) is 0 Å². The largest absolute Gasteiger partial charge is 0.433 e. The first kappa shape index (κ1) is 19.8. The second kappa shape index (κ2) is 7.75. The number of nitrogens with one attached hydrogen (secondary N) is 1. The predicted molar refractivity (Wildman–Crippen MR) is 103 cm³/mol. The summed E-state index contributed by atoms with van der Waals surface area (Å²) in [6.45, 7) is 0.609. The summed E-state index contributed by atoms with van der Waals surface area (Å²) in [5.74, 6) is -0.842. The molecule has 4 rings (SSSR count). The van der Waals surface area contributed by atoms with Gasteiger partial charge < -0.3 is 10.1 Å². The van der Waals surface area contributed by atoms with Crippen molar-refractivity contribution in [3.63, 3.8) is 0 Å². The van der Waals surface area contributed by atoms with Crippen LogP contribution in [-0.2, 0) is 10.9 Å². The van der Waals surface area contributed by atoms with Crippen molar-refractivity contribution in [1.82, 2.24) is 14.8 Å². The zero-order chi connectivity index (χ0) is 20.6. The third-order valence-electron chi connectivity index (χ3n) is 4.59. The van der Waals surface area contributed by atoms with Gasteiger partial charge in [-0.3, -0.25) is 4.79 Å². The van der Waals surface area contributed by atoms with Crippen LogP contribution in [0.25, 0.3) is 10.9 Å². The zero-order valence-corrected chi connectivity index (χ0v) is 16.6. The number of benzene rings is 1. The molecule has 29 heavy (non-hydrogen) atoms. The molecular weight excluding hydrogens is 453 g/mol. The number of carbonyl (C=O) groups excluding carboxylic acids is 1. The van der Waals surface area contributed by atoms with E-state index in [1.165, 1.54) is 12.1 Å². The monoisotopic (exact) mass is 468 g/mol. The maximum absolute atomic E-state index is 12.9. The number of nitrogens with zero attached hydrogens (tertiary/aromatic N) is 3. The number of ether oxygens (including phenoxy) is 1. The summed E-state index contributed by atoms with van der Waals surface area (Å²) < 4.78 is 46.8. The number of rotatable bonds is 3. The van der Waals surface area contributed by atoms with Gasteiger partial charge >= 0.3 is 6.18 Å². The van der Waals surface area contributed by atoms with Gasteiger partial charge in [-0.05, 0) is 49.6 Å². The van der Waals surface area contributed by atoms with Crippen LogP contribution in [0.3, 0.4) is 0 Å². The number of halogens is 4. The Labute approximate surface area is 172 Å².